The van der Waals surface area contributed by atoms with E-state index in [1.54, 1.807) is 6.20 Å². The molecular weight excluding hydrogens is 236 g/mol. The van der Waals surface area contributed by atoms with Gasteiger partial charge in [0.15, 0.2) is 0 Å². The van der Waals surface area contributed by atoms with Crippen LogP contribution in [0.4, 0.5) is 0 Å². The van der Waals surface area contributed by atoms with Crippen molar-refractivity contribution in [1.29, 1.82) is 0 Å². The zero-order chi connectivity index (χ0) is 13.2. The van der Waals surface area contributed by atoms with Crippen LogP contribution < -0.4 is 5.73 Å². The molecule has 2 N–H and O–H groups in total. The fourth-order valence-electron chi connectivity index (χ4n) is 2.66. The van der Waals surface area contributed by atoms with Gasteiger partial charge in [-0.05, 0) is 37.1 Å². The molecule has 0 amide bonds. The lowest BCUT2D eigenvalue weighted by atomic mass is 10.1. The molecule has 0 spiro atoms. The van der Waals surface area contributed by atoms with E-state index in [4.69, 9.17) is 5.73 Å². The third kappa shape index (κ3) is 2.55. The Morgan fingerprint density at radius 3 is 2.68 bits per heavy atom. The van der Waals surface area contributed by atoms with E-state index >= 15 is 0 Å². The maximum atomic E-state index is 6.06. The van der Waals surface area contributed by atoms with Crippen molar-refractivity contribution in [3.8, 4) is 5.69 Å². The molecule has 0 bridgehead atoms. The summed E-state index contributed by atoms with van der Waals surface area (Å²) < 4.78 is 1.87. The van der Waals surface area contributed by atoms with E-state index < -0.39 is 0 Å². The number of hydrogen-bond donors (Lipinski definition) is 1. The van der Waals surface area contributed by atoms with Gasteiger partial charge < -0.3 is 5.73 Å². The summed E-state index contributed by atoms with van der Waals surface area (Å²) >= 11 is 0. The lowest BCUT2D eigenvalue weighted by molar-refractivity contribution is 0.251. The molecule has 1 fully saturated rings. The maximum Gasteiger partial charge on any atom is 0.0645 e. The molecule has 0 saturated carbocycles. The minimum atomic E-state index is 0.323. The van der Waals surface area contributed by atoms with Crippen molar-refractivity contribution in [2.24, 2.45) is 5.73 Å². The summed E-state index contributed by atoms with van der Waals surface area (Å²) in [7, 11) is 0. The highest BCUT2D eigenvalue weighted by Crippen LogP contribution is 2.19. The van der Waals surface area contributed by atoms with Crippen molar-refractivity contribution in [1.82, 2.24) is 14.7 Å². The van der Waals surface area contributed by atoms with Gasteiger partial charge in [0.1, 0.15) is 0 Å². The molecule has 1 aromatic carbocycles. The Kier molecular flexibility index (Phi) is 3.36. The van der Waals surface area contributed by atoms with E-state index in [2.05, 4.69) is 41.2 Å². The van der Waals surface area contributed by atoms with Crippen LogP contribution in [0.2, 0.25) is 0 Å². The van der Waals surface area contributed by atoms with E-state index in [9.17, 15) is 0 Å². The highest BCUT2D eigenvalue weighted by Gasteiger charge is 2.27. The smallest absolute Gasteiger partial charge is 0.0645 e. The van der Waals surface area contributed by atoms with Gasteiger partial charge in [-0.2, -0.15) is 5.10 Å². The third-order valence-electron chi connectivity index (χ3n) is 4.04. The number of likely N-dealkylation sites (tertiary alicyclic amines) is 1. The number of rotatable bonds is 3. The maximum absolute atomic E-state index is 6.06. The van der Waals surface area contributed by atoms with Crippen LogP contribution in [0.1, 0.15) is 18.9 Å². The van der Waals surface area contributed by atoms with Gasteiger partial charge in [0, 0.05) is 37.6 Å². The molecule has 1 aliphatic rings. The monoisotopic (exact) mass is 256 g/mol. The Labute approximate surface area is 113 Å². The van der Waals surface area contributed by atoms with Crippen molar-refractivity contribution in [2.75, 3.05) is 6.54 Å². The molecule has 1 aromatic heterocycles. The number of benzene rings is 1. The van der Waals surface area contributed by atoms with Crippen molar-refractivity contribution < 1.29 is 0 Å². The second-order valence-corrected chi connectivity index (χ2v) is 5.28. The van der Waals surface area contributed by atoms with E-state index in [1.165, 1.54) is 5.56 Å². The van der Waals surface area contributed by atoms with Crippen molar-refractivity contribution in [2.45, 2.75) is 32.0 Å². The van der Waals surface area contributed by atoms with Gasteiger partial charge in [-0.1, -0.05) is 12.1 Å². The molecule has 2 unspecified atom stereocenters. The van der Waals surface area contributed by atoms with E-state index in [0.717, 1.165) is 25.2 Å². The van der Waals surface area contributed by atoms with Crippen molar-refractivity contribution in [3.05, 3.63) is 48.3 Å². The summed E-state index contributed by atoms with van der Waals surface area (Å²) in [6.45, 7) is 4.30. The van der Waals surface area contributed by atoms with Crippen LogP contribution in [0.25, 0.3) is 5.69 Å². The number of nitrogens with zero attached hydrogens (tertiary/aromatic N) is 3. The minimum Gasteiger partial charge on any atom is -0.326 e. The van der Waals surface area contributed by atoms with E-state index in [-0.39, 0.29) is 0 Å². The first-order valence-electron chi connectivity index (χ1n) is 6.82. The average molecular weight is 256 g/mol. The largest absolute Gasteiger partial charge is 0.326 e. The SMILES string of the molecule is CC1C(N)CCN1Cc1ccc(-n2cccn2)cc1. The van der Waals surface area contributed by atoms with Crippen LogP contribution in [0.15, 0.2) is 42.7 Å². The van der Waals surface area contributed by atoms with Gasteiger partial charge in [0.25, 0.3) is 0 Å². The Morgan fingerprint density at radius 1 is 1.32 bits per heavy atom. The molecule has 100 valence electrons. The van der Waals surface area contributed by atoms with Gasteiger partial charge in [0.05, 0.1) is 5.69 Å². The number of nitrogens with two attached hydrogens (primary N) is 1. The van der Waals surface area contributed by atoms with Gasteiger partial charge >= 0.3 is 0 Å². The lowest BCUT2D eigenvalue weighted by Gasteiger charge is -2.23. The first-order chi connectivity index (χ1) is 9.24. The van der Waals surface area contributed by atoms with Crippen molar-refractivity contribution >= 4 is 0 Å². The summed E-state index contributed by atoms with van der Waals surface area (Å²) in [4.78, 5) is 2.45. The predicted molar refractivity (Wildman–Crippen MR) is 76.0 cm³/mol. The Hall–Kier alpha value is -1.65. The summed E-state index contributed by atoms with van der Waals surface area (Å²) in [5.41, 5.74) is 8.48. The second-order valence-electron chi connectivity index (χ2n) is 5.28. The molecule has 1 saturated heterocycles. The molecule has 2 aromatic rings. The fraction of sp³-hybridized carbons (Fsp3) is 0.400. The Bertz CT molecular complexity index is 518. The molecule has 3 rings (SSSR count). The van der Waals surface area contributed by atoms with Gasteiger partial charge in [-0.3, -0.25) is 4.90 Å². The molecule has 4 heteroatoms. The van der Waals surface area contributed by atoms with E-state index in [0.29, 0.717) is 12.1 Å². The number of aromatic nitrogens is 2. The topological polar surface area (TPSA) is 47.1 Å². The number of hydrogen-bond acceptors (Lipinski definition) is 3. The Morgan fingerprint density at radius 2 is 2.11 bits per heavy atom. The van der Waals surface area contributed by atoms with Crippen LogP contribution in [-0.4, -0.2) is 33.3 Å². The first kappa shape index (κ1) is 12.4. The van der Waals surface area contributed by atoms with Crippen LogP contribution in [0.3, 0.4) is 0 Å². The zero-order valence-corrected chi connectivity index (χ0v) is 11.2. The van der Waals surface area contributed by atoms with Crippen LogP contribution in [0, 0.1) is 0 Å². The standard InChI is InChI=1S/C15H20N4/c1-12-15(16)7-10-18(12)11-13-3-5-14(6-4-13)19-9-2-8-17-19/h2-6,8-9,12,15H,7,10-11,16H2,1H3. The van der Waals surface area contributed by atoms with Gasteiger partial charge in [0.2, 0.25) is 0 Å². The minimum absolute atomic E-state index is 0.323. The summed E-state index contributed by atoms with van der Waals surface area (Å²) in [5, 5.41) is 4.23. The van der Waals surface area contributed by atoms with Gasteiger partial charge in [-0.25, -0.2) is 4.68 Å². The van der Waals surface area contributed by atoms with Crippen LogP contribution in [0.5, 0.6) is 0 Å². The molecule has 19 heavy (non-hydrogen) atoms. The molecule has 0 aliphatic carbocycles. The van der Waals surface area contributed by atoms with Crippen LogP contribution in [-0.2, 0) is 6.54 Å². The first-order valence-corrected chi connectivity index (χ1v) is 6.82. The zero-order valence-electron chi connectivity index (χ0n) is 11.2. The molecule has 2 atom stereocenters. The quantitative estimate of drug-likeness (QED) is 0.911. The summed E-state index contributed by atoms with van der Waals surface area (Å²) in [6, 6.07) is 11.3. The highest BCUT2D eigenvalue weighted by molar-refractivity contribution is 5.33. The predicted octanol–water partition coefficient (Wildman–Crippen LogP) is 1.79. The normalized spacial score (nSPS) is 23.9. The fourth-order valence-corrected chi connectivity index (χ4v) is 2.66. The lowest BCUT2D eigenvalue weighted by Crippen LogP contribution is -2.36. The second kappa shape index (κ2) is 5.15. The molecule has 0 radical (unpaired) electrons. The third-order valence-corrected chi connectivity index (χ3v) is 4.04. The summed E-state index contributed by atoms with van der Waals surface area (Å²) in [6.07, 6.45) is 4.85. The van der Waals surface area contributed by atoms with Gasteiger partial charge in [-0.15, -0.1) is 0 Å². The molecule has 4 nitrogen and oxygen atoms in total. The molecule has 1 aliphatic heterocycles. The highest BCUT2D eigenvalue weighted by atomic mass is 15.3. The molecule has 2 heterocycles. The Balaban J connectivity index is 1.70. The molecular formula is C15H20N4. The van der Waals surface area contributed by atoms with E-state index in [1.807, 2.05) is 16.9 Å². The average Bonchev–Trinajstić information content (AvgIpc) is 3.06. The van der Waals surface area contributed by atoms with Crippen molar-refractivity contribution in [3.63, 3.8) is 0 Å². The van der Waals surface area contributed by atoms with Crippen LogP contribution >= 0.6 is 0 Å². The summed E-state index contributed by atoms with van der Waals surface area (Å²) in [5.74, 6) is 0.